The Hall–Kier alpha value is -1.19. The molecule has 3 heteroatoms. The van der Waals surface area contributed by atoms with E-state index in [4.69, 9.17) is 0 Å². The van der Waals surface area contributed by atoms with E-state index in [1.165, 1.54) is 30.0 Å². The molecule has 0 spiro atoms. The van der Waals surface area contributed by atoms with Crippen molar-refractivity contribution in [2.45, 2.75) is 31.8 Å². The topological polar surface area (TPSA) is 12.0 Å². The molecule has 0 atom stereocenters. The van der Waals surface area contributed by atoms with Crippen LogP contribution < -0.4 is 5.32 Å². The van der Waals surface area contributed by atoms with E-state index in [1.807, 2.05) is 6.07 Å². The van der Waals surface area contributed by atoms with E-state index in [-0.39, 0.29) is 5.82 Å². The van der Waals surface area contributed by atoms with Gasteiger partial charge in [0, 0.05) is 23.1 Å². The van der Waals surface area contributed by atoms with Crippen LogP contribution in [0.5, 0.6) is 0 Å². The number of halogens is 2. The largest absolute Gasteiger partial charge is 0.309 e. The molecule has 1 saturated carbocycles. The van der Waals surface area contributed by atoms with Gasteiger partial charge in [-0.3, -0.25) is 0 Å². The van der Waals surface area contributed by atoms with Crippen molar-refractivity contribution in [3.8, 4) is 0 Å². The third-order valence-corrected chi connectivity index (χ3v) is 4.17. The maximum Gasteiger partial charge on any atom is 0.127 e. The molecule has 1 fully saturated rings. The Kier molecular flexibility index (Phi) is 4.18. The maximum absolute atomic E-state index is 13.6. The third-order valence-electron chi connectivity index (χ3n) is 3.68. The highest BCUT2D eigenvalue weighted by atomic mass is 79.9. The monoisotopic (exact) mass is 333 g/mol. The van der Waals surface area contributed by atoms with Gasteiger partial charge in [-0.05, 0) is 48.1 Å². The fraction of sp³-hybridized carbons (Fsp3) is 0.294. The standard InChI is InChI=1S/C17H17BrFN/c18-16-7-8-17(19)15(9-16)11-20-10-12-1-3-13(4-2-12)14-5-6-14/h1-4,7-9,14,20H,5-6,10-11H2. The molecule has 1 N–H and O–H groups in total. The predicted octanol–water partition coefficient (Wildman–Crippen LogP) is 4.76. The van der Waals surface area contributed by atoms with E-state index < -0.39 is 0 Å². The number of nitrogens with one attached hydrogen (secondary N) is 1. The summed E-state index contributed by atoms with van der Waals surface area (Å²) in [6, 6.07) is 13.8. The summed E-state index contributed by atoms with van der Waals surface area (Å²) in [6.07, 6.45) is 2.67. The van der Waals surface area contributed by atoms with Gasteiger partial charge >= 0.3 is 0 Å². The molecule has 2 aromatic rings. The lowest BCUT2D eigenvalue weighted by atomic mass is 10.1. The van der Waals surface area contributed by atoms with Crippen molar-refractivity contribution in [1.29, 1.82) is 0 Å². The van der Waals surface area contributed by atoms with Gasteiger partial charge < -0.3 is 5.32 Å². The van der Waals surface area contributed by atoms with Crippen LogP contribution in [0.4, 0.5) is 4.39 Å². The predicted molar refractivity (Wildman–Crippen MR) is 83.1 cm³/mol. The first-order valence-electron chi connectivity index (χ1n) is 6.96. The van der Waals surface area contributed by atoms with E-state index in [1.54, 1.807) is 6.07 Å². The summed E-state index contributed by atoms with van der Waals surface area (Å²) in [5.41, 5.74) is 3.38. The summed E-state index contributed by atoms with van der Waals surface area (Å²) in [5, 5.41) is 3.29. The Morgan fingerprint density at radius 3 is 2.50 bits per heavy atom. The third kappa shape index (κ3) is 3.47. The summed E-state index contributed by atoms with van der Waals surface area (Å²) in [4.78, 5) is 0. The van der Waals surface area contributed by atoms with Crippen LogP contribution in [0.1, 0.15) is 35.4 Å². The highest BCUT2D eigenvalue weighted by Crippen LogP contribution is 2.39. The average molecular weight is 334 g/mol. The molecule has 0 saturated heterocycles. The van der Waals surface area contributed by atoms with Crippen molar-refractivity contribution in [3.05, 3.63) is 69.4 Å². The molecule has 0 aliphatic heterocycles. The van der Waals surface area contributed by atoms with Crippen molar-refractivity contribution in [1.82, 2.24) is 5.32 Å². The lowest BCUT2D eigenvalue weighted by molar-refractivity contribution is 0.587. The zero-order valence-electron chi connectivity index (χ0n) is 11.2. The first kappa shape index (κ1) is 13.8. The lowest BCUT2D eigenvalue weighted by Gasteiger charge is -2.07. The van der Waals surface area contributed by atoms with Gasteiger partial charge in [0.25, 0.3) is 0 Å². The van der Waals surface area contributed by atoms with Gasteiger partial charge in [-0.2, -0.15) is 0 Å². The molecule has 0 heterocycles. The van der Waals surface area contributed by atoms with Crippen LogP contribution in [0.3, 0.4) is 0 Å². The van der Waals surface area contributed by atoms with E-state index >= 15 is 0 Å². The van der Waals surface area contributed by atoms with Crippen molar-refractivity contribution in [2.24, 2.45) is 0 Å². The second-order valence-corrected chi connectivity index (χ2v) is 6.27. The van der Waals surface area contributed by atoms with Crippen LogP contribution in [0.25, 0.3) is 0 Å². The smallest absolute Gasteiger partial charge is 0.127 e. The van der Waals surface area contributed by atoms with Crippen LogP contribution in [0.15, 0.2) is 46.9 Å². The zero-order chi connectivity index (χ0) is 13.9. The highest BCUT2D eigenvalue weighted by molar-refractivity contribution is 9.10. The number of hydrogen-bond donors (Lipinski definition) is 1. The fourth-order valence-corrected chi connectivity index (χ4v) is 2.75. The summed E-state index contributed by atoms with van der Waals surface area (Å²) in [5.74, 6) is 0.637. The molecule has 0 bridgehead atoms. The molecule has 0 radical (unpaired) electrons. The SMILES string of the molecule is Fc1ccc(Br)cc1CNCc1ccc(C2CC2)cc1. The Morgan fingerprint density at radius 1 is 1.05 bits per heavy atom. The molecule has 104 valence electrons. The molecule has 20 heavy (non-hydrogen) atoms. The number of rotatable bonds is 5. The van der Waals surface area contributed by atoms with Gasteiger partial charge in [0.05, 0.1) is 0 Å². The summed E-state index contributed by atoms with van der Waals surface area (Å²) >= 11 is 3.37. The average Bonchev–Trinajstić information content (AvgIpc) is 3.28. The van der Waals surface area contributed by atoms with Gasteiger partial charge in [-0.25, -0.2) is 4.39 Å². The maximum atomic E-state index is 13.6. The minimum absolute atomic E-state index is 0.162. The molecule has 0 aromatic heterocycles. The molecular formula is C17H17BrFN. The first-order chi connectivity index (χ1) is 9.72. The van der Waals surface area contributed by atoms with E-state index in [0.29, 0.717) is 12.1 Å². The van der Waals surface area contributed by atoms with Crippen LogP contribution in [-0.4, -0.2) is 0 Å². The van der Waals surface area contributed by atoms with Crippen LogP contribution in [-0.2, 0) is 13.1 Å². The molecule has 1 aliphatic rings. The Morgan fingerprint density at radius 2 is 1.80 bits per heavy atom. The molecule has 1 aliphatic carbocycles. The second kappa shape index (κ2) is 6.06. The second-order valence-electron chi connectivity index (χ2n) is 5.36. The normalized spacial score (nSPS) is 14.5. The Labute approximate surface area is 127 Å². The van der Waals surface area contributed by atoms with Crippen molar-refractivity contribution >= 4 is 15.9 Å². The number of hydrogen-bond acceptors (Lipinski definition) is 1. The van der Waals surface area contributed by atoms with Gasteiger partial charge in [0.2, 0.25) is 0 Å². The molecule has 2 aromatic carbocycles. The van der Waals surface area contributed by atoms with E-state index in [2.05, 4.69) is 45.5 Å². The quantitative estimate of drug-likeness (QED) is 0.832. The van der Waals surface area contributed by atoms with Gasteiger partial charge in [-0.15, -0.1) is 0 Å². The van der Waals surface area contributed by atoms with Crippen LogP contribution >= 0.6 is 15.9 Å². The molecular weight excluding hydrogens is 317 g/mol. The molecule has 0 unspecified atom stereocenters. The fourth-order valence-electron chi connectivity index (χ4n) is 2.34. The van der Waals surface area contributed by atoms with E-state index in [0.717, 1.165) is 16.9 Å². The number of benzene rings is 2. The van der Waals surface area contributed by atoms with Gasteiger partial charge in [-0.1, -0.05) is 40.2 Å². The lowest BCUT2D eigenvalue weighted by Crippen LogP contribution is -2.13. The van der Waals surface area contributed by atoms with Gasteiger partial charge in [0.15, 0.2) is 0 Å². The minimum Gasteiger partial charge on any atom is -0.309 e. The summed E-state index contributed by atoms with van der Waals surface area (Å²) in [7, 11) is 0. The van der Waals surface area contributed by atoms with Gasteiger partial charge in [0.1, 0.15) is 5.82 Å². The zero-order valence-corrected chi connectivity index (χ0v) is 12.8. The van der Waals surface area contributed by atoms with Crippen molar-refractivity contribution in [2.75, 3.05) is 0 Å². The highest BCUT2D eigenvalue weighted by Gasteiger charge is 2.22. The van der Waals surface area contributed by atoms with Crippen molar-refractivity contribution < 1.29 is 4.39 Å². The summed E-state index contributed by atoms with van der Waals surface area (Å²) in [6.45, 7) is 1.30. The first-order valence-corrected chi connectivity index (χ1v) is 7.75. The van der Waals surface area contributed by atoms with Crippen molar-refractivity contribution in [3.63, 3.8) is 0 Å². The van der Waals surface area contributed by atoms with Crippen LogP contribution in [0, 0.1) is 5.82 Å². The molecule has 1 nitrogen and oxygen atoms in total. The molecule has 3 rings (SSSR count). The summed E-state index contributed by atoms with van der Waals surface area (Å²) < 4.78 is 14.5. The molecule has 0 amide bonds. The minimum atomic E-state index is -0.162. The van der Waals surface area contributed by atoms with Crippen LogP contribution in [0.2, 0.25) is 0 Å². The van der Waals surface area contributed by atoms with E-state index in [9.17, 15) is 4.39 Å². The Bertz CT molecular complexity index is 590. The Balaban J connectivity index is 1.55.